The molecule has 3 N–H and O–H groups in total. The number of hydrogen-bond donors (Lipinski definition) is 2. The van der Waals surface area contributed by atoms with Gasteiger partial charge in [-0.25, -0.2) is 9.78 Å². The Bertz CT molecular complexity index is 660. The first-order valence-corrected chi connectivity index (χ1v) is 7.19. The molecule has 0 radical (unpaired) electrons. The molecule has 0 aliphatic heterocycles. The van der Waals surface area contributed by atoms with Crippen LogP contribution in [0.5, 0.6) is 0 Å². The van der Waals surface area contributed by atoms with E-state index in [0.29, 0.717) is 10.6 Å². The molecule has 0 saturated heterocycles. The van der Waals surface area contributed by atoms with Crippen molar-refractivity contribution in [3.8, 4) is 0 Å². The maximum atomic E-state index is 11.5. The maximum Gasteiger partial charge on any atom is 0.337 e. The van der Waals surface area contributed by atoms with E-state index in [2.05, 4.69) is 15.0 Å². The highest BCUT2D eigenvalue weighted by Gasteiger charge is 2.07. The molecule has 5 nitrogen and oxygen atoms in total. The van der Waals surface area contributed by atoms with E-state index in [-0.39, 0.29) is 11.1 Å². The van der Waals surface area contributed by atoms with Crippen LogP contribution in [0, 0.1) is 0 Å². The number of nitrogens with two attached hydrogens (primary N) is 1. The van der Waals surface area contributed by atoms with E-state index in [0.717, 1.165) is 10.6 Å². The highest BCUT2D eigenvalue weighted by Crippen LogP contribution is 2.27. The average molecular weight is 319 g/mol. The van der Waals surface area contributed by atoms with Crippen molar-refractivity contribution in [1.82, 2.24) is 4.98 Å². The van der Waals surface area contributed by atoms with Crippen LogP contribution >= 0.6 is 24.0 Å². The first kappa shape index (κ1) is 15.3. The van der Waals surface area contributed by atoms with E-state index >= 15 is 0 Å². The number of rotatable bonds is 4. The van der Waals surface area contributed by atoms with Gasteiger partial charge in [0.1, 0.15) is 5.03 Å². The van der Waals surface area contributed by atoms with E-state index < -0.39 is 0 Å². The zero-order chi connectivity index (χ0) is 15.2. The summed E-state index contributed by atoms with van der Waals surface area (Å²) in [5.41, 5.74) is 6.70. The normalized spacial score (nSPS) is 9.95. The highest BCUT2D eigenvalue weighted by molar-refractivity contribution is 7.99. The van der Waals surface area contributed by atoms with Crippen molar-refractivity contribution in [3.63, 3.8) is 0 Å². The fourth-order valence-corrected chi connectivity index (χ4v) is 2.51. The molecule has 7 heteroatoms. The molecule has 1 aromatic carbocycles. The van der Waals surface area contributed by atoms with Crippen molar-refractivity contribution in [2.24, 2.45) is 5.73 Å². The van der Waals surface area contributed by atoms with E-state index in [1.807, 2.05) is 24.3 Å². The average Bonchev–Trinajstić information content (AvgIpc) is 2.48. The third-order valence-electron chi connectivity index (χ3n) is 2.50. The van der Waals surface area contributed by atoms with Gasteiger partial charge in [0.25, 0.3) is 0 Å². The number of carbonyl (C=O) groups is 1. The molecule has 0 bridgehead atoms. The van der Waals surface area contributed by atoms with Crippen LogP contribution in [0.25, 0.3) is 0 Å². The molecule has 0 saturated carbocycles. The number of nitrogens with zero attached hydrogens (tertiary/aromatic N) is 1. The summed E-state index contributed by atoms with van der Waals surface area (Å²) in [5.74, 6) is -0.379. The summed E-state index contributed by atoms with van der Waals surface area (Å²) >= 11 is 6.22. The maximum absolute atomic E-state index is 11.5. The summed E-state index contributed by atoms with van der Waals surface area (Å²) < 4.78 is 4.69. The molecule has 0 amide bonds. The van der Waals surface area contributed by atoms with Gasteiger partial charge in [-0.1, -0.05) is 11.8 Å². The SMILES string of the molecule is COC(=O)c1ccnc(Sc2ccc(NC(N)=S)cc2)c1. The van der Waals surface area contributed by atoms with Gasteiger partial charge in [0, 0.05) is 16.8 Å². The summed E-state index contributed by atoms with van der Waals surface area (Å²) in [6.45, 7) is 0. The Labute approximate surface area is 131 Å². The van der Waals surface area contributed by atoms with E-state index in [1.54, 1.807) is 18.3 Å². The highest BCUT2D eigenvalue weighted by atomic mass is 32.2. The topological polar surface area (TPSA) is 77.2 Å². The number of ether oxygens (including phenoxy) is 1. The first-order valence-electron chi connectivity index (χ1n) is 5.97. The van der Waals surface area contributed by atoms with Crippen molar-refractivity contribution in [2.45, 2.75) is 9.92 Å². The van der Waals surface area contributed by atoms with E-state index in [4.69, 9.17) is 18.0 Å². The molecule has 0 spiro atoms. The van der Waals surface area contributed by atoms with Gasteiger partial charge in [-0.2, -0.15) is 0 Å². The van der Waals surface area contributed by atoms with Crippen LogP contribution in [0.1, 0.15) is 10.4 Å². The van der Waals surface area contributed by atoms with Crippen LogP contribution in [0.3, 0.4) is 0 Å². The Morgan fingerprint density at radius 1 is 1.33 bits per heavy atom. The van der Waals surface area contributed by atoms with Crippen LogP contribution in [-0.2, 0) is 4.74 Å². The lowest BCUT2D eigenvalue weighted by Gasteiger charge is -2.06. The number of anilines is 1. The molecule has 21 heavy (non-hydrogen) atoms. The predicted octanol–water partition coefficient (Wildman–Crippen LogP) is 2.67. The molecule has 0 aliphatic rings. The fraction of sp³-hybridized carbons (Fsp3) is 0.0714. The zero-order valence-corrected chi connectivity index (χ0v) is 12.8. The molecule has 2 aromatic rings. The van der Waals surface area contributed by atoms with Crippen LogP contribution in [0.4, 0.5) is 5.69 Å². The van der Waals surface area contributed by atoms with Gasteiger partial charge in [0.2, 0.25) is 0 Å². The minimum atomic E-state index is -0.379. The lowest BCUT2D eigenvalue weighted by atomic mass is 10.3. The lowest BCUT2D eigenvalue weighted by molar-refractivity contribution is 0.0600. The third-order valence-corrected chi connectivity index (χ3v) is 3.54. The number of hydrogen-bond acceptors (Lipinski definition) is 5. The van der Waals surface area contributed by atoms with E-state index in [9.17, 15) is 4.79 Å². The number of nitrogens with one attached hydrogen (secondary N) is 1. The number of pyridine rings is 1. The lowest BCUT2D eigenvalue weighted by Crippen LogP contribution is -2.18. The van der Waals surface area contributed by atoms with Crippen LogP contribution < -0.4 is 11.1 Å². The summed E-state index contributed by atoms with van der Waals surface area (Å²) in [6.07, 6.45) is 1.58. The van der Waals surface area contributed by atoms with Crippen molar-refractivity contribution >= 4 is 40.7 Å². The molecular formula is C14H13N3O2S2. The van der Waals surface area contributed by atoms with Gasteiger partial charge in [-0.15, -0.1) is 0 Å². The van der Waals surface area contributed by atoms with Crippen molar-refractivity contribution < 1.29 is 9.53 Å². The molecule has 0 fully saturated rings. The molecule has 1 heterocycles. The number of benzene rings is 1. The third kappa shape index (κ3) is 4.44. The number of thiocarbonyl (C=S) groups is 1. The number of esters is 1. The van der Waals surface area contributed by atoms with Gasteiger partial charge < -0.3 is 15.8 Å². The molecule has 1 aromatic heterocycles. The van der Waals surface area contributed by atoms with Gasteiger partial charge in [0.05, 0.1) is 12.7 Å². The Morgan fingerprint density at radius 3 is 2.67 bits per heavy atom. The van der Waals surface area contributed by atoms with Crippen LogP contribution in [-0.4, -0.2) is 23.2 Å². The van der Waals surface area contributed by atoms with Gasteiger partial charge in [-0.3, -0.25) is 0 Å². The second kappa shape index (κ2) is 7.05. The summed E-state index contributed by atoms with van der Waals surface area (Å²) in [7, 11) is 1.35. The zero-order valence-electron chi connectivity index (χ0n) is 11.2. The second-order valence-corrected chi connectivity index (χ2v) is 5.52. The summed E-state index contributed by atoms with van der Waals surface area (Å²) in [6, 6.07) is 10.9. The number of methoxy groups -OCH3 is 1. The summed E-state index contributed by atoms with van der Waals surface area (Å²) in [5, 5.41) is 3.79. The van der Waals surface area contributed by atoms with Crippen molar-refractivity contribution in [2.75, 3.05) is 12.4 Å². The molecule has 0 atom stereocenters. The Balaban J connectivity index is 2.11. The van der Waals surface area contributed by atoms with Crippen LogP contribution in [0.15, 0.2) is 52.5 Å². The molecule has 0 aliphatic carbocycles. The second-order valence-electron chi connectivity index (χ2n) is 3.99. The van der Waals surface area contributed by atoms with Gasteiger partial charge in [-0.05, 0) is 48.6 Å². The standard InChI is InChI=1S/C14H13N3O2S2/c1-19-13(18)9-6-7-16-12(8-9)21-11-4-2-10(3-5-11)17-14(15)20/h2-8H,1H3,(H3,15,17,20). The van der Waals surface area contributed by atoms with Gasteiger partial charge >= 0.3 is 5.97 Å². The molecule has 2 rings (SSSR count). The minimum absolute atomic E-state index is 0.225. The van der Waals surface area contributed by atoms with Gasteiger partial charge in [0.15, 0.2) is 5.11 Å². The van der Waals surface area contributed by atoms with Crippen molar-refractivity contribution in [1.29, 1.82) is 0 Å². The molecule has 0 unspecified atom stereocenters. The van der Waals surface area contributed by atoms with Crippen molar-refractivity contribution in [3.05, 3.63) is 48.2 Å². The number of aromatic nitrogens is 1. The smallest absolute Gasteiger partial charge is 0.337 e. The minimum Gasteiger partial charge on any atom is -0.465 e. The molecule has 108 valence electrons. The fourth-order valence-electron chi connectivity index (χ4n) is 1.58. The number of carbonyl (C=O) groups excluding carboxylic acids is 1. The largest absolute Gasteiger partial charge is 0.465 e. The Kier molecular flexibility index (Phi) is 5.13. The monoisotopic (exact) mass is 319 g/mol. The quantitative estimate of drug-likeness (QED) is 0.662. The summed E-state index contributed by atoms with van der Waals surface area (Å²) in [4.78, 5) is 16.7. The Hall–Kier alpha value is -2.12. The predicted molar refractivity (Wildman–Crippen MR) is 86.5 cm³/mol. The first-order chi connectivity index (χ1) is 10.1. The van der Waals surface area contributed by atoms with E-state index in [1.165, 1.54) is 18.9 Å². The molecular weight excluding hydrogens is 306 g/mol. The Morgan fingerprint density at radius 2 is 2.05 bits per heavy atom. The van der Waals surface area contributed by atoms with Crippen LogP contribution in [0.2, 0.25) is 0 Å².